The number of rotatable bonds is 12. The molecular formula is C43H42Cl2FN3O7. The number of nitrogens with one attached hydrogen (secondary N) is 1. The van der Waals surface area contributed by atoms with Crippen LogP contribution < -0.4 is 19.4 Å². The number of carbonyl (C=O) groups is 2. The van der Waals surface area contributed by atoms with Crippen molar-refractivity contribution < 1.29 is 43.4 Å². The summed E-state index contributed by atoms with van der Waals surface area (Å²) in [6.07, 6.45) is 3.86. The van der Waals surface area contributed by atoms with Crippen molar-refractivity contribution in [1.29, 1.82) is 0 Å². The van der Waals surface area contributed by atoms with Gasteiger partial charge in [0.2, 0.25) is 0 Å². The third-order valence-electron chi connectivity index (χ3n) is 10.4. The van der Waals surface area contributed by atoms with Crippen LogP contribution in [-0.2, 0) is 22.4 Å². The van der Waals surface area contributed by atoms with Crippen LogP contribution in [0.4, 0.5) is 14.9 Å². The van der Waals surface area contributed by atoms with Crippen LogP contribution in [-0.4, -0.2) is 62.4 Å². The number of hydrogen-bond acceptors (Lipinski definition) is 8. The topological polar surface area (TPSA) is 122 Å². The smallest absolute Gasteiger partial charge is 0.415 e. The maximum Gasteiger partial charge on any atom is 0.415 e. The van der Waals surface area contributed by atoms with Gasteiger partial charge in [0.05, 0.1) is 32.0 Å². The Balaban J connectivity index is 0.00000532. The number of nitrogens with zero attached hydrogens (tertiary/aromatic N) is 2. The van der Waals surface area contributed by atoms with E-state index < -0.39 is 24.0 Å². The van der Waals surface area contributed by atoms with E-state index in [4.69, 9.17) is 42.1 Å². The molecule has 0 aliphatic carbocycles. The molecule has 0 spiro atoms. The fraction of sp³-hybridized carbons (Fsp3) is 0.279. The lowest BCUT2D eigenvalue weighted by Crippen LogP contribution is -2.53. The van der Waals surface area contributed by atoms with Crippen LogP contribution in [0.15, 0.2) is 103 Å². The highest BCUT2D eigenvalue weighted by molar-refractivity contribution is 6.35. The molecule has 2 N–H and O–H groups in total. The highest BCUT2D eigenvalue weighted by Gasteiger charge is 2.38. The van der Waals surface area contributed by atoms with Crippen molar-refractivity contribution >= 4 is 41.0 Å². The van der Waals surface area contributed by atoms with Crippen molar-refractivity contribution in [3.63, 3.8) is 0 Å². The van der Waals surface area contributed by atoms with Crippen LogP contribution in [0, 0.1) is 11.7 Å². The number of halogens is 3. The maximum absolute atomic E-state index is 15.1. The summed E-state index contributed by atoms with van der Waals surface area (Å²) >= 11 is 13.0. The van der Waals surface area contributed by atoms with E-state index in [-0.39, 0.29) is 30.2 Å². The van der Waals surface area contributed by atoms with Crippen molar-refractivity contribution in [2.45, 2.75) is 38.0 Å². The lowest BCUT2D eigenvalue weighted by molar-refractivity contribution is -0.377. The molecule has 1 aromatic heterocycles. The first kappa shape index (κ1) is 40.5. The molecule has 2 bridgehead atoms. The first-order valence-corrected chi connectivity index (χ1v) is 18.9. The summed E-state index contributed by atoms with van der Waals surface area (Å²) in [6.45, 7) is 2.85. The minimum absolute atomic E-state index is 0. The van der Waals surface area contributed by atoms with Crippen LogP contribution in [0.25, 0.3) is 11.1 Å². The number of anilines is 1. The number of carbonyl (C=O) groups excluding carboxylic acids is 2. The van der Waals surface area contributed by atoms with E-state index in [0.717, 1.165) is 42.6 Å². The molecule has 292 valence electrons. The van der Waals surface area contributed by atoms with Gasteiger partial charge in [0.15, 0.2) is 23.9 Å². The number of fused-ring (bicyclic) bond motifs is 3. The number of pyridine rings is 1. The van der Waals surface area contributed by atoms with Crippen molar-refractivity contribution in [3.8, 4) is 22.6 Å². The number of piperidine rings is 3. The molecule has 0 unspecified atom stereocenters. The number of aromatic nitrogens is 1. The largest absolute Gasteiger partial charge is 0.870 e. The van der Waals surface area contributed by atoms with Gasteiger partial charge in [-0.1, -0.05) is 77.8 Å². The van der Waals surface area contributed by atoms with Gasteiger partial charge in [-0.05, 0) is 90.5 Å². The number of hydrogen-bond donors (Lipinski definition) is 0. The van der Waals surface area contributed by atoms with Gasteiger partial charge >= 0.3 is 12.1 Å². The molecule has 3 aliphatic heterocycles. The molecule has 4 aromatic carbocycles. The van der Waals surface area contributed by atoms with E-state index in [1.165, 1.54) is 18.1 Å². The molecule has 3 saturated heterocycles. The van der Waals surface area contributed by atoms with Crippen molar-refractivity contribution in [2.75, 3.05) is 38.8 Å². The summed E-state index contributed by atoms with van der Waals surface area (Å²) in [4.78, 5) is 34.0. The third-order valence-corrected chi connectivity index (χ3v) is 11.0. The summed E-state index contributed by atoms with van der Waals surface area (Å²) in [6, 6.07) is 26.2. The lowest BCUT2D eigenvalue weighted by Gasteiger charge is -2.44. The first-order valence-electron chi connectivity index (χ1n) is 18.1. The molecule has 2 atom stereocenters. The molecule has 4 heterocycles. The molecule has 3 fully saturated rings. The van der Waals surface area contributed by atoms with E-state index in [1.54, 1.807) is 74.1 Å². The average Bonchev–Trinajstić information content (AvgIpc) is 3.21. The van der Waals surface area contributed by atoms with Gasteiger partial charge in [-0.3, -0.25) is 9.80 Å². The van der Waals surface area contributed by atoms with E-state index in [2.05, 4.69) is 9.88 Å². The summed E-state index contributed by atoms with van der Waals surface area (Å²) in [5, 5.41) is 0.810. The number of amides is 1. The summed E-state index contributed by atoms with van der Waals surface area (Å²) in [5.74, 6) is 0.281. The molecular weight excluding hydrogens is 760 g/mol. The molecule has 13 heteroatoms. The number of para-hydroxylation sites is 1. The molecule has 5 aromatic rings. The van der Waals surface area contributed by atoms with E-state index >= 15 is 4.39 Å². The van der Waals surface area contributed by atoms with Gasteiger partial charge in [0.25, 0.3) is 0 Å². The van der Waals surface area contributed by atoms with Gasteiger partial charge in [0.1, 0.15) is 28.1 Å². The maximum atomic E-state index is 15.1. The fourth-order valence-corrected chi connectivity index (χ4v) is 7.83. The summed E-state index contributed by atoms with van der Waals surface area (Å²) in [5.41, 5.74) is 4.17. The molecule has 8 rings (SSSR count). The zero-order chi connectivity index (χ0) is 38.5. The quantitative estimate of drug-likeness (QED) is 0.115. The zero-order valence-electron chi connectivity index (χ0n) is 30.9. The first-order chi connectivity index (χ1) is 26.7. The Hall–Kier alpha value is -5.20. The van der Waals surface area contributed by atoms with Crippen LogP contribution in [0.3, 0.4) is 0 Å². The predicted octanol–water partition coefficient (Wildman–Crippen LogP) is 8.83. The van der Waals surface area contributed by atoms with Gasteiger partial charge in [0, 0.05) is 18.5 Å². The van der Waals surface area contributed by atoms with Crippen molar-refractivity contribution in [1.82, 2.24) is 4.90 Å². The number of H-pyrrole nitrogens is 1. The molecule has 1 amide bonds. The SMILES string of the molecule is COc1ccc([C@H](Cc2c(Cl)c[nH+]cc2Cl)OC(=O)c2cccc(-c3ccc(CN(C(=O)O[C@H]4CN5CCC4CC5)c4ccccc4F)cc3)c2)cc1OC.[OH-]. The van der Waals surface area contributed by atoms with Gasteiger partial charge in [-0.2, -0.15) is 0 Å². The van der Waals surface area contributed by atoms with E-state index in [0.29, 0.717) is 50.7 Å². The lowest BCUT2D eigenvalue weighted by atomic mass is 9.86. The highest BCUT2D eigenvalue weighted by atomic mass is 35.5. The van der Waals surface area contributed by atoms with E-state index in [1.807, 2.05) is 30.3 Å². The molecule has 0 radical (unpaired) electrons. The predicted molar refractivity (Wildman–Crippen MR) is 210 cm³/mol. The minimum Gasteiger partial charge on any atom is -0.870 e. The van der Waals surface area contributed by atoms with Crippen LogP contribution >= 0.6 is 23.2 Å². The second-order valence-electron chi connectivity index (χ2n) is 13.7. The standard InChI is InChI=1S/C43H40Cl2FN3O6.H2O/c1-52-38-15-14-31(21-40(38)53-2)39(22-33-34(44)23-47-24-35(33)45)54-42(50)32-7-5-6-30(20-32)28-12-10-27(11-13-28)25-49(37-9-4-3-8-36(37)46)43(51)55-41-26-48-18-16-29(41)17-19-48;/h3-15,20-21,23-24,29,39,41H,16-19,22,25-26H2,1-2H3;1H2/t39-,41-;/m0./s1. The Labute approximate surface area is 335 Å². The average molecular weight is 803 g/mol. The third kappa shape index (κ3) is 9.08. The van der Waals surface area contributed by atoms with Crippen LogP contribution in [0.2, 0.25) is 10.0 Å². The van der Waals surface area contributed by atoms with E-state index in [9.17, 15) is 9.59 Å². The number of benzene rings is 4. The Morgan fingerprint density at radius 2 is 1.59 bits per heavy atom. The summed E-state index contributed by atoms with van der Waals surface area (Å²) in [7, 11) is 3.08. The Morgan fingerprint density at radius 3 is 2.25 bits per heavy atom. The van der Waals surface area contributed by atoms with Crippen LogP contribution in [0.5, 0.6) is 11.5 Å². The second kappa shape index (κ2) is 18.2. The zero-order valence-corrected chi connectivity index (χ0v) is 32.4. The van der Waals surface area contributed by atoms with Gasteiger partial charge < -0.3 is 24.4 Å². The minimum atomic E-state index is -0.775. The normalized spacial score (nSPS) is 17.6. The molecule has 56 heavy (non-hydrogen) atoms. The van der Waals surface area contributed by atoms with Gasteiger partial charge in [-0.25, -0.2) is 19.0 Å². The summed E-state index contributed by atoms with van der Waals surface area (Å²) < 4.78 is 38.2. The number of ether oxygens (including phenoxy) is 4. The highest BCUT2D eigenvalue weighted by Crippen LogP contribution is 2.36. The fourth-order valence-electron chi connectivity index (χ4n) is 7.30. The van der Waals surface area contributed by atoms with Crippen molar-refractivity contribution in [3.05, 3.63) is 142 Å². The molecule has 0 saturated carbocycles. The molecule has 10 nitrogen and oxygen atoms in total. The van der Waals surface area contributed by atoms with Crippen molar-refractivity contribution in [2.24, 2.45) is 5.92 Å². The number of aromatic amines is 1. The Bertz CT molecular complexity index is 2140. The second-order valence-corrected chi connectivity index (χ2v) is 14.5. The Morgan fingerprint density at radius 1 is 0.875 bits per heavy atom. The number of methoxy groups -OCH3 is 2. The monoisotopic (exact) mass is 801 g/mol. The Kier molecular flexibility index (Phi) is 13.1. The van der Waals surface area contributed by atoms with Crippen LogP contribution in [0.1, 0.15) is 46.0 Å². The molecule has 3 aliphatic rings. The number of esters is 1. The van der Waals surface area contributed by atoms with Gasteiger partial charge in [-0.15, -0.1) is 0 Å².